The predicted octanol–water partition coefficient (Wildman–Crippen LogP) is 1.77. The van der Waals surface area contributed by atoms with Crippen molar-refractivity contribution in [3.8, 4) is 22.6 Å². The van der Waals surface area contributed by atoms with E-state index in [0.717, 1.165) is 0 Å². The van der Waals surface area contributed by atoms with Gasteiger partial charge in [-0.2, -0.15) is 0 Å². The number of guanidine groups is 1. The topological polar surface area (TPSA) is 99.2 Å². The Labute approximate surface area is 133 Å². The Bertz CT molecular complexity index is 832. The molecular weight excluding hydrogens is 294 g/mol. The van der Waals surface area contributed by atoms with Gasteiger partial charge in [0, 0.05) is 12.6 Å². The zero-order chi connectivity index (χ0) is 16.8. The lowest BCUT2D eigenvalue weighted by atomic mass is 9.89. The van der Waals surface area contributed by atoms with Crippen molar-refractivity contribution in [1.82, 2.24) is 4.90 Å². The van der Waals surface area contributed by atoms with Gasteiger partial charge >= 0.3 is 0 Å². The summed E-state index contributed by atoms with van der Waals surface area (Å²) >= 11 is 0. The van der Waals surface area contributed by atoms with Crippen molar-refractivity contribution in [2.75, 3.05) is 7.05 Å². The fourth-order valence-electron chi connectivity index (χ4n) is 2.72. The maximum atomic E-state index is 12.4. The van der Waals surface area contributed by atoms with Gasteiger partial charge in [0.15, 0.2) is 23.0 Å². The molecule has 0 spiro atoms. The maximum absolute atomic E-state index is 12.4. The van der Waals surface area contributed by atoms with Crippen molar-refractivity contribution in [1.29, 1.82) is 0 Å². The molecule has 0 radical (unpaired) electrons. The molecule has 1 atom stereocenters. The number of carbonyl (C=O) groups excluding carboxylic acids is 1. The van der Waals surface area contributed by atoms with Gasteiger partial charge in [0.2, 0.25) is 0 Å². The Balaban J connectivity index is 2.12. The zero-order valence-corrected chi connectivity index (χ0v) is 12.8. The number of rotatable bonds is 2. The van der Waals surface area contributed by atoms with E-state index in [0.29, 0.717) is 16.7 Å². The average molecular weight is 311 g/mol. The normalized spacial score (nSPS) is 20.7. The Kier molecular flexibility index (Phi) is 3.25. The van der Waals surface area contributed by atoms with E-state index >= 15 is 0 Å². The highest BCUT2D eigenvalue weighted by Gasteiger charge is 2.43. The molecule has 0 bridgehead atoms. The van der Waals surface area contributed by atoms with Crippen LogP contribution in [0.25, 0.3) is 11.1 Å². The first-order valence-electron chi connectivity index (χ1n) is 7.10. The van der Waals surface area contributed by atoms with Gasteiger partial charge in [-0.15, -0.1) is 0 Å². The second kappa shape index (κ2) is 5.01. The summed E-state index contributed by atoms with van der Waals surface area (Å²) in [6.45, 7) is 1.70. The number of para-hydroxylation sites is 1. The number of hydrogen-bond donors (Lipinski definition) is 3. The largest absolute Gasteiger partial charge is 0.504 e. The van der Waals surface area contributed by atoms with Crippen LogP contribution in [0, 0.1) is 0 Å². The van der Waals surface area contributed by atoms with Crippen LogP contribution in [0.15, 0.2) is 47.5 Å². The number of aromatic hydroxyl groups is 2. The molecule has 6 heteroatoms. The van der Waals surface area contributed by atoms with Crippen LogP contribution in [0.1, 0.15) is 12.5 Å². The van der Waals surface area contributed by atoms with E-state index < -0.39 is 5.54 Å². The lowest BCUT2D eigenvalue weighted by Gasteiger charge is -2.21. The number of phenolic OH excluding ortho intramolecular Hbond substituents is 2. The average Bonchev–Trinajstić information content (AvgIpc) is 2.74. The number of aliphatic imine (C=N–C) groups is 1. The van der Waals surface area contributed by atoms with Gasteiger partial charge in [-0.25, -0.2) is 4.99 Å². The molecule has 3 rings (SSSR count). The van der Waals surface area contributed by atoms with Crippen molar-refractivity contribution in [2.45, 2.75) is 12.5 Å². The van der Waals surface area contributed by atoms with E-state index in [1.807, 2.05) is 0 Å². The van der Waals surface area contributed by atoms with Crippen LogP contribution >= 0.6 is 0 Å². The first-order valence-corrected chi connectivity index (χ1v) is 7.10. The number of carbonyl (C=O) groups is 1. The molecule has 4 N–H and O–H groups in total. The molecule has 0 saturated carbocycles. The fraction of sp³-hybridized carbons (Fsp3) is 0.176. The monoisotopic (exact) mass is 311 g/mol. The number of amides is 1. The van der Waals surface area contributed by atoms with E-state index in [1.165, 1.54) is 11.0 Å². The third-order valence-corrected chi connectivity index (χ3v) is 4.15. The van der Waals surface area contributed by atoms with Gasteiger partial charge in [0.1, 0.15) is 0 Å². The van der Waals surface area contributed by atoms with E-state index in [1.54, 1.807) is 50.4 Å². The number of benzene rings is 2. The molecule has 1 heterocycles. The lowest BCUT2D eigenvalue weighted by Crippen LogP contribution is -2.38. The van der Waals surface area contributed by atoms with Gasteiger partial charge in [-0.3, -0.25) is 9.69 Å². The smallest absolute Gasteiger partial charge is 0.261 e. The van der Waals surface area contributed by atoms with Crippen LogP contribution in [0.5, 0.6) is 11.5 Å². The Hall–Kier alpha value is -3.02. The summed E-state index contributed by atoms with van der Waals surface area (Å²) in [6, 6.07) is 11.9. The molecule has 0 saturated heterocycles. The second-order valence-electron chi connectivity index (χ2n) is 5.66. The summed E-state index contributed by atoms with van der Waals surface area (Å²) in [5, 5.41) is 19.7. The predicted molar refractivity (Wildman–Crippen MR) is 87.0 cm³/mol. The van der Waals surface area contributed by atoms with E-state index in [-0.39, 0.29) is 23.4 Å². The van der Waals surface area contributed by atoms with Gasteiger partial charge in [0.05, 0.1) is 0 Å². The standard InChI is InChI=1S/C17H17N3O3/c1-17(15(23)20(2)16(18)19-17)11-6-3-5-10(9-11)12-7-4-8-13(21)14(12)22/h3-9,21-22H,1-2H3,(H2,18,19). The highest BCUT2D eigenvalue weighted by atomic mass is 16.3. The van der Waals surface area contributed by atoms with Gasteiger partial charge < -0.3 is 15.9 Å². The number of hydrogen-bond acceptors (Lipinski definition) is 5. The van der Waals surface area contributed by atoms with Crippen molar-refractivity contribution in [2.24, 2.45) is 10.7 Å². The molecule has 1 amide bonds. The molecule has 23 heavy (non-hydrogen) atoms. The number of phenols is 2. The maximum Gasteiger partial charge on any atom is 0.261 e. The number of nitrogens with two attached hydrogens (primary N) is 1. The molecule has 1 aliphatic heterocycles. The van der Waals surface area contributed by atoms with Gasteiger partial charge in [0.25, 0.3) is 5.91 Å². The summed E-state index contributed by atoms with van der Waals surface area (Å²) in [6.07, 6.45) is 0. The lowest BCUT2D eigenvalue weighted by molar-refractivity contribution is -0.130. The van der Waals surface area contributed by atoms with Gasteiger partial charge in [-0.1, -0.05) is 30.3 Å². The third-order valence-electron chi connectivity index (χ3n) is 4.15. The molecule has 6 nitrogen and oxygen atoms in total. The molecule has 0 aliphatic carbocycles. The Morgan fingerprint density at radius 3 is 2.52 bits per heavy atom. The van der Waals surface area contributed by atoms with Crippen molar-refractivity contribution in [3.63, 3.8) is 0 Å². The Morgan fingerprint density at radius 2 is 1.87 bits per heavy atom. The molecule has 1 unspecified atom stereocenters. The molecule has 0 fully saturated rings. The summed E-state index contributed by atoms with van der Waals surface area (Å²) in [5.41, 5.74) is 6.48. The van der Waals surface area contributed by atoms with Gasteiger partial charge in [-0.05, 0) is 30.2 Å². The fourth-order valence-corrected chi connectivity index (χ4v) is 2.72. The highest BCUT2D eigenvalue weighted by molar-refractivity contribution is 6.06. The second-order valence-corrected chi connectivity index (χ2v) is 5.66. The molecule has 0 aromatic heterocycles. The van der Waals surface area contributed by atoms with Crippen LogP contribution < -0.4 is 5.73 Å². The van der Waals surface area contributed by atoms with Crippen molar-refractivity contribution >= 4 is 11.9 Å². The van der Waals surface area contributed by atoms with E-state index in [4.69, 9.17) is 5.73 Å². The minimum Gasteiger partial charge on any atom is -0.504 e. The summed E-state index contributed by atoms with van der Waals surface area (Å²) in [7, 11) is 1.58. The minimum atomic E-state index is -1.10. The quantitative estimate of drug-likeness (QED) is 0.736. The summed E-state index contributed by atoms with van der Waals surface area (Å²) in [5.74, 6) is -0.443. The first-order chi connectivity index (χ1) is 10.8. The van der Waals surface area contributed by atoms with E-state index in [9.17, 15) is 15.0 Å². The van der Waals surface area contributed by atoms with Crippen LogP contribution in [0.4, 0.5) is 0 Å². The Morgan fingerprint density at radius 1 is 1.17 bits per heavy atom. The van der Waals surface area contributed by atoms with Crippen LogP contribution in [0.3, 0.4) is 0 Å². The van der Waals surface area contributed by atoms with E-state index in [2.05, 4.69) is 4.99 Å². The molecular formula is C17H17N3O3. The zero-order valence-electron chi connectivity index (χ0n) is 12.8. The van der Waals surface area contributed by atoms with Crippen molar-refractivity contribution < 1.29 is 15.0 Å². The first kappa shape index (κ1) is 14.9. The molecule has 118 valence electrons. The summed E-state index contributed by atoms with van der Waals surface area (Å²) < 4.78 is 0. The third kappa shape index (κ3) is 2.19. The number of nitrogens with zero attached hydrogens (tertiary/aromatic N) is 2. The van der Waals surface area contributed by atoms with Crippen molar-refractivity contribution in [3.05, 3.63) is 48.0 Å². The van der Waals surface area contributed by atoms with Crippen LogP contribution in [0.2, 0.25) is 0 Å². The SMILES string of the molecule is CN1C(=O)C(C)(c2cccc(-c3cccc(O)c3O)c2)N=C1N. The molecule has 1 aliphatic rings. The highest BCUT2D eigenvalue weighted by Crippen LogP contribution is 2.39. The molecule has 2 aromatic carbocycles. The van der Waals surface area contributed by atoms with Crippen LogP contribution in [-0.2, 0) is 10.3 Å². The number of likely N-dealkylation sites (N-methyl/N-ethyl adjacent to an activating group) is 1. The summed E-state index contributed by atoms with van der Waals surface area (Å²) in [4.78, 5) is 18.1. The molecule has 2 aromatic rings. The minimum absolute atomic E-state index is 0.170. The van der Waals surface area contributed by atoms with Crippen LogP contribution in [-0.4, -0.2) is 34.0 Å².